The number of carbonyl (C=O) groups is 1. The first-order valence-electron chi connectivity index (χ1n) is 7.68. The molecular formula is C17H22BrClO2. The number of benzene rings is 1. The first kappa shape index (κ1) is 17.0. The molecule has 116 valence electrons. The van der Waals surface area contributed by atoms with Gasteiger partial charge in [0.1, 0.15) is 5.60 Å². The van der Waals surface area contributed by atoms with Gasteiger partial charge in [-0.15, -0.1) is 0 Å². The third-order valence-electron chi connectivity index (χ3n) is 4.21. The van der Waals surface area contributed by atoms with Crippen LogP contribution >= 0.6 is 27.5 Å². The van der Waals surface area contributed by atoms with Gasteiger partial charge >= 0.3 is 0 Å². The van der Waals surface area contributed by atoms with Gasteiger partial charge in [0.05, 0.1) is 0 Å². The molecule has 1 saturated carbocycles. The van der Waals surface area contributed by atoms with Gasteiger partial charge in [0.25, 0.3) is 0 Å². The summed E-state index contributed by atoms with van der Waals surface area (Å²) in [5, 5.41) is 0.637. The minimum absolute atomic E-state index is 0.176. The van der Waals surface area contributed by atoms with Crippen molar-refractivity contribution in [3.8, 4) is 0 Å². The molecule has 1 aromatic rings. The van der Waals surface area contributed by atoms with Crippen LogP contribution in [0.1, 0.15) is 51.0 Å². The van der Waals surface area contributed by atoms with E-state index in [-0.39, 0.29) is 5.78 Å². The number of rotatable bonds is 5. The van der Waals surface area contributed by atoms with Crippen LogP contribution in [-0.4, -0.2) is 18.0 Å². The highest BCUT2D eigenvalue weighted by Gasteiger charge is 2.38. The van der Waals surface area contributed by atoms with Crippen LogP contribution in [0.2, 0.25) is 5.02 Å². The van der Waals surface area contributed by atoms with Crippen LogP contribution in [-0.2, 0) is 16.0 Å². The lowest BCUT2D eigenvalue weighted by Crippen LogP contribution is -2.42. The zero-order valence-corrected chi connectivity index (χ0v) is 14.8. The van der Waals surface area contributed by atoms with Crippen molar-refractivity contribution in [1.82, 2.24) is 0 Å². The van der Waals surface area contributed by atoms with E-state index in [9.17, 15) is 4.79 Å². The van der Waals surface area contributed by atoms with E-state index in [0.29, 0.717) is 18.1 Å². The molecule has 1 aromatic carbocycles. The van der Waals surface area contributed by atoms with E-state index in [4.69, 9.17) is 16.3 Å². The van der Waals surface area contributed by atoms with Crippen molar-refractivity contribution in [2.75, 3.05) is 6.61 Å². The Morgan fingerprint density at radius 1 is 1.29 bits per heavy atom. The second kappa shape index (κ2) is 7.75. The molecule has 0 radical (unpaired) electrons. The molecule has 4 heteroatoms. The summed E-state index contributed by atoms with van der Waals surface area (Å²) in [4.78, 5) is 12.9. The molecule has 0 spiro atoms. The quantitative estimate of drug-likeness (QED) is 0.651. The summed E-state index contributed by atoms with van der Waals surface area (Å²) < 4.78 is 6.87. The predicted octanol–water partition coefficient (Wildman–Crippen LogP) is 5.34. The van der Waals surface area contributed by atoms with Gasteiger partial charge in [-0.2, -0.15) is 0 Å². The molecule has 21 heavy (non-hydrogen) atoms. The number of hydrogen-bond donors (Lipinski definition) is 0. The van der Waals surface area contributed by atoms with E-state index in [1.54, 1.807) is 0 Å². The van der Waals surface area contributed by atoms with Crippen molar-refractivity contribution in [2.45, 2.75) is 57.5 Å². The predicted molar refractivity (Wildman–Crippen MR) is 89.9 cm³/mol. The topological polar surface area (TPSA) is 26.3 Å². The molecule has 0 bridgehead atoms. The Hall–Kier alpha value is -0.380. The van der Waals surface area contributed by atoms with Crippen molar-refractivity contribution in [3.63, 3.8) is 0 Å². The van der Waals surface area contributed by atoms with Crippen molar-refractivity contribution in [1.29, 1.82) is 0 Å². The number of halogens is 2. The second-order valence-electron chi connectivity index (χ2n) is 5.68. The molecule has 0 aromatic heterocycles. The lowest BCUT2D eigenvalue weighted by Gasteiger charge is -2.31. The van der Waals surface area contributed by atoms with E-state index >= 15 is 0 Å². The van der Waals surface area contributed by atoms with Gasteiger partial charge in [-0.1, -0.05) is 59.3 Å². The van der Waals surface area contributed by atoms with Crippen molar-refractivity contribution < 1.29 is 9.53 Å². The standard InChI is InChI=1S/C17H22BrClO2/c1-2-21-17(9-5-3-4-6-10-17)16(20)11-13-7-8-14(18)12-15(13)19/h7-8,12H,2-6,9-11H2,1H3. The Morgan fingerprint density at radius 2 is 1.95 bits per heavy atom. The molecule has 0 saturated heterocycles. The maximum Gasteiger partial charge on any atom is 0.169 e. The Labute approximate surface area is 140 Å². The molecule has 1 aliphatic rings. The molecule has 0 unspecified atom stereocenters. The molecule has 0 amide bonds. The molecule has 2 rings (SSSR count). The Balaban J connectivity index is 2.18. The fourth-order valence-corrected chi connectivity index (χ4v) is 3.82. The minimum atomic E-state index is -0.596. The fraction of sp³-hybridized carbons (Fsp3) is 0.588. The molecular weight excluding hydrogens is 352 g/mol. The monoisotopic (exact) mass is 372 g/mol. The number of ketones is 1. The highest BCUT2D eigenvalue weighted by atomic mass is 79.9. The van der Waals surface area contributed by atoms with Crippen molar-refractivity contribution in [3.05, 3.63) is 33.3 Å². The Morgan fingerprint density at radius 3 is 2.52 bits per heavy atom. The maximum absolute atomic E-state index is 12.9. The van der Waals surface area contributed by atoms with Crippen LogP contribution in [0.5, 0.6) is 0 Å². The normalized spacial score (nSPS) is 18.2. The van der Waals surface area contributed by atoms with Gasteiger partial charge < -0.3 is 4.74 Å². The third-order valence-corrected chi connectivity index (χ3v) is 5.05. The van der Waals surface area contributed by atoms with Crippen LogP contribution in [0.3, 0.4) is 0 Å². The molecule has 1 aliphatic carbocycles. The molecule has 0 heterocycles. The molecule has 1 fully saturated rings. The van der Waals surface area contributed by atoms with Crippen LogP contribution < -0.4 is 0 Å². The zero-order chi connectivity index (χ0) is 15.3. The highest BCUT2D eigenvalue weighted by molar-refractivity contribution is 9.10. The number of ether oxygens (including phenoxy) is 1. The summed E-state index contributed by atoms with van der Waals surface area (Å²) >= 11 is 9.63. The van der Waals surface area contributed by atoms with Gasteiger partial charge in [-0.25, -0.2) is 0 Å². The lowest BCUT2D eigenvalue weighted by molar-refractivity contribution is -0.145. The van der Waals surface area contributed by atoms with Gasteiger partial charge in [0, 0.05) is 22.5 Å². The van der Waals surface area contributed by atoms with Gasteiger partial charge in [-0.05, 0) is 37.5 Å². The fourth-order valence-electron chi connectivity index (χ4n) is 3.08. The molecule has 0 aliphatic heterocycles. The average molecular weight is 374 g/mol. The number of carbonyl (C=O) groups excluding carboxylic acids is 1. The third kappa shape index (κ3) is 4.30. The number of Topliss-reactive ketones (excluding diaryl/α,β-unsaturated/α-hetero) is 1. The van der Waals surface area contributed by atoms with Crippen LogP contribution in [0.4, 0.5) is 0 Å². The summed E-state index contributed by atoms with van der Waals surface area (Å²) in [7, 11) is 0. The minimum Gasteiger partial charge on any atom is -0.367 e. The van der Waals surface area contributed by atoms with Gasteiger partial charge in [-0.3, -0.25) is 4.79 Å². The Bertz CT molecular complexity index is 494. The van der Waals surface area contributed by atoms with E-state index in [2.05, 4.69) is 15.9 Å². The Kier molecular flexibility index (Phi) is 6.27. The summed E-state index contributed by atoms with van der Waals surface area (Å²) in [6.07, 6.45) is 6.57. The first-order valence-corrected chi connectivity index (χ1v) is 8.86. The zero-order valence-electron chi connectivity index (χ0n) is 12.5. The second-order valence-corrected chi connectivity index (χ2v) is 7.00. The van der Waals surface area contributed by atoms with E-state index < -0.39 is 5.60 Å². The maximum atomic E-state index is 12.9. The summed E-state index contributed by atoms with van der Waals surface area (Å²) in [6.45, 7) is 2.55. The highest BCUT2D eigenvalue weighted by Crippen LogP contribution is 2.33. The lowest BCUT2D eigenvalue weighted by atomic mass is 9.86. The first-order chi connectivity index (χ1) is 10.1. The van der Waals surface area contributed by atoms with E-state index in [0.717, 1.165) is 35.7 Å². The largest absolute Gasteiger partial charge is 0.367 e. The molecule has 0 atom stereocenters. The van der Waals surface area contributed by atoms with Crippen LogP contribution in [0.15, 0.2) is 22.7 Å². The van der Waals surface area contributed by atoms with Crippen molar-refractivity contribution >= 4 is 33.3 Å². The molecule has 0 N–H and O–H groups in total. The molecule has 2 nitrogen and oxygen atoms in total. The van der Waals surface area contributed by atoms with Crippen molar-refractivity contribution in [2.24, 2.45) is 0 Å². The summed E-state index contributed by atoms with van der Waals surface area (Å²) in [6, 6.07) is 5.68. The number of hydrogen-bond acceptors (Lipinski definition) is 2. The van der Waals surface area contributed by atoms with Crippen LogP contribution in [0.25, 0.3) is 0 Å². The van der Waals surface area contributed by atoms with E-state index in [1.807, 2.05) is 25.1 Å². The van der Waals surface area contributed by atoms with Crippen LogP contribution in [0, 0.1) is 0 Å². The van der Waals surface area contributed by atoms with Gasteiger partial charge in [0.15, 0.2) is 5.78 Å². The average Bonchev–Trinajstić information content (AvgIpc) is 2.69. The smallest absolute Gasteiger partial charge is 0.169 e. The SMILES string of the molecule is CCOC1(C(=O)Cc2ccc(Br)cc2Cl)CCCCCC1. The van der Waals surface area contributed by atoms with Gasteiger partial charge in [0.2, 0.25) is 0 Å². The van der Waals surface area contributed by atoms with E-state index in [1.165, 1.54) is 12.8 Å². The summed E-state index contributed by atoms with van der Waals surface area (Å²) in [5.41, 5.74) is 0.287. The summed E-state index contributed by atoms with van der Waals surface area (Å²) in [5.74, 6) is 0.176.